The highest BCUT2D eigenvalue weighted by Gasteiger charge is 2.61. The second-order valence-electron chi connectivity index (χ2n) is 11.6. The quantitative estimate of drug-likeness (QED) is 0.136. The van der Waals surface area contributed by atoms with Gasteiger partial charge in [0.05, 0.1) is 32.8 Å². The maximum atomic E-state index is 16.7. The maximum Gasteiger partial charge on any atom is 0.459 e. The van der Waals surface area contributed by atoms with Crippen LogP contribution in [0.3, 0.4) is 0 Å². The molecular weight excluding hydrogens is 622 g/mol. The Morgan fingerprint density at radius 3 is 2.72 bits per heavy atom. The molecule has 46 heavy (non-hydrogen) atoms. The number of esters is 1. The number of nitrogens with one attached hydrogen (secondary N) is 1. The molecule has 0 saturated carbocycles. The second-order valence-corrected chi connectivity index (χ2v) is 13.3. The molecule has 16 heteroatoms. The summed E-state index contributed by atoms with van der Waals surface area (Å²) in [4.78, 5) is 25.2. The van der Waals surface area contributed by atoms with E-state index in [2.05, 4.69) is 20.0 Å². The zero-order valence-electron chi connectivity index (χ0n) is 26.2. The number of nitrogen functional groups attached to an aromatic ring is 1. The third kappa shape index (κ3) is 6.65. The summed E-state index contributed by atoms with van der Waals surface area (Å²) < 4.78 is 60.5. The van der Waals surface area contributed by atoms with E-state index in [-0.39, 0.29) is 47.9 Å². The number of anilines is 1. The van der Waals surface area contributed by atoms with E-state index in [9.17, 15) is 14.5 Å². The first kappa shape index (κ1) is 33.5. The van der Waals surface area contributed by atoms with Gasteiger partial charge in [0.2, 0.25) is 11.8 Å². The molecule has 0 bridgehead atoms. The molecule has 0 spiro atoms. The van der Waals surface area contributed by atoms with Gasteiger partial charge in [0, 0.05) is 5.39 Å². The van der Waals surface area contributed by atoms with Crippen LogP contribution in [0.25, 0.3) is 21.9 Å². The Balaban J connectivity index is 1.42. The molecule has 14 nitrogen and oxygen atoms in total. The first-order valence-corrected chi connectivity index (χ1v) is 16.3. The fourth-order valence-corrected chi connectivity index (χ4v) is 6.50. The van der Waals surface area contributed by atoms with E-state index in [4.69, 9.17) is 29.0 Å². The van der Waals surface area contributed by atoms with E-state index in [0.717, 1.165) is 12.3 Å². The minimum absolute atomic E-state index is 0.0687. The van der Waals surface area contributed by atoms with Crippen LogP contribution >= 0.6 is 7.75 Å². The molecule has 248 valence electrons. The normalized spacial score (nSPS) is 23.4. The number of aromatic nitrogens is 4. The van der Waals surface area contributed by atoms with Crippen molar-refractivity contribution in [2.24, 2.45) is 5.92 Å². The smallest absolute Gasteiger partial charge is 0.459 e. The number of benzene rings is 2. The number of halogens is 1. The van der Waals surface area contributed by atoms with Crippen molar-refractivity contribution >= 4 is 41.6 Å². The molecule has 1 aliphatic heterocycles. The summed E-state index contributed by atoms with van der Waals surface area (Å²) in [6.07, 6.45) is -0.178. The summed E-state index contributed by atoms with van der Waals surface area (Å²) in [5, 5.41) is 15.6. The lowest BCUT2D eigenvalue weighted by molar-refractivity contribution is -0.146. The Bertz CT molecular complexity index is 1760. The molecule has 0 amide bonds. The fraction of sp³-hybridized carbons (Fsp3) is 0.467. The van der Waals surface area contributed by atoms with Crippen molar-refractivity contribution in [1.82, 2.24) is 24.6 Å². The third-order valence-corrected chi connectivity index (χ3v) is 9.11. The SMILES string of the molecule is CCOc1nc(N)nc2c1ncn2C1OCC(O)(COP(=O)(NC(C)C(=O)OCC(C)C)Oc2cccc3ccccc23)C1(C)F. The van der Waals surface area contributed by atoms with Crippen molar-refractivity contribution in [2.75, 3.05) is 32.2 Å². The molecule has 2 aromatic heterocycles. The molecule has 5 unspecified atom stereocenters. The number of ether oxygens (including phenoxy) is 3. The molecule has 3 heterocycles. The molecule has 5 rings (SSSR count). The largest absolute Gasteiger partial charge is 0.476 e. The predicted octanol–water partition coefficient (Wildman–Crippen LogP) is 4.33. The van der Waals surface area contributed by atoms with Crippen molar-refractivity contribution in [2.45, 2.75) is 58.2 Å². The highest BCUT2D eigenvalue weighted by molar-refractivity contribution is 7.52. The van der Waals surface area contributed by atoms with Crippen molar-refractivity contribution < 1.29 is 42.1 Å². The highest BCUT2D eigenvalue weighted by atomic mass is 31.2. The summed E-state index contributed by atoms with van der Waals surface area (Å²) in [5.74, 6) is -0.469. The van der Waals surface area contributed by atoms with Crippen molar-refractivity contribution in [3.63, 3.8) is 0 Å². The second kappa shape index (κ2) is 13.1. The number of alkyl halides is 1. The van der Waals surface area contributed by atoms with E-state index < -0.39 is 50.5 Å². The highest BCUT2D eigenvalue weighted by Crippen LogP contribution is 2.51. The number of carbonyl (C=O) groups is 1. The Morgan fingerprint density at radius 1 is 1.24 bits per heavy atom. The van der Waals surface area contributed by atoms with Crippen LogP contribution in [-0.4, -0.2) is 74.3 Å². The summed E-state index contributed by atoms with van der Waals surface area (Å²) >= 11 is 0. The van der Waals surface area contributed by atoms with Gasteiger partial charge in [-0.1, -0.05) is 50.2 Å². The lowest BCUT2D eigenvalue weighted by atomic mass is 9.88. The van der Waals surface area contributed by atoms with Crippen LogP contribution < -0.4 is 20.1 Å². The van der Waals surface area contributed by atoms with Gasteiger partial charge in [-0.15, -0.1) is 0 Å². The minimum atomic E-state index is -4.50. The molecule has 4 N–H and O–H groups in total. The maximum absolute atomic E-state index is 16.7. The molecular formula is C30H38FN6O8P. The predicted molar refractivity (Wildman–Crippen MR) is 167 cm³/mol. The number of hydrogen-bond donors (Lipinski definition) is 3. The summed E-state index contributed by atoms with van der Waals surface area (Å²) in [6.45, 7) is 7.06. The molecule has 2 aromatic carbocycles. The lowest BCUT2D eigenvalue weighted by Gasteiger charge is -2.34. The van der Waals surface area contributed by atoms with E-state index in [1.807, 2.05) is 32.0 Å². The standard InChI is InChI=1S/C30H38FN6O8P/c1-6-41-25-23-24(34-28(32)35-25)37(17-33-23)27-29(5,31)30(39,15-43-27)16-44-46(40,36-19(4)26(38)42-14-18(2)3)45-22-13-9-11-20-10-7-8-12-21(20)22/h7-13,17-19,27,39H,6,14-16H2,1-5H3,(H,36,40)(H2,32,34,35). The van der Waals surface area contributed by atoms with Crippen molar-refractivity contribution in [3.8, 4) is 11.6 Å². The number of nitrogens with two attached hydrogens (primary N) is 1. The van der Waals surface area contributed by atoms with Gasteiger partial charge in [-0.25, -0.2) is 13.9 Å². The zero-order valence-corrected chi connectivity index (χ0v) is 27.1. The van der Waals surface area contributed by atoms with Gasteiger partial charge in [0.15, 0.2) is 23.1 Å². The van der Waals surface area contributed by atoms with Crippen LogP contribution in [0.15, 0.2) is 48.8 Å². The Kier molecular flexibility index (Phi) is 9.52. The first-order valence-electron chi connectivity index (χ1n) is 14.8. The van der Waals surface area contributed by atoms with Gasteiger partial charge in [0.25, 0.3) is 0 Å². The summed E-state index contributed by atoms with van der Waals surface area (Å²) in [6, 6.07) is 11.2. The Morgan fingerprint density at radius 2 is 1.98 bits per heavy atom. The average molecular weight is 661 g/mol. The van der Waals surface area contributed by atoms with Gasteiger partial charge >= 0.3 is 13.7 Å². The van der Waals surface area contributed by atoms with Crippen molar-refractivity contribution in [3.05, 3.63) is 48.8 Å². The van der Waals surface area contributed by atoms with E-state index in [1.54, 1.807) is 31.2 Å². The molecule has 1 aliphatic rings. The van der Waals surface area contributed by atoms with Gasteiger partial charge in [-0.05, 0) is 38.1 Å². The summed E-state index contributed by atoms with van der Waals surface area (Å²) in [5.41, 5.74) is 1.29. The van der Waals surface area contributed by atoms with E-state index >= 15 is 4.39 Å². The molecule has 4 aromatic rings. The van der Waals surface area contributed by atoms with Gasteiger partial charge in [0.1, 0.15) is 17.4 Å². The van der Waals surface area contributed by atoms with Crippen LogP contribution in [-0.2, 0) is 23.4 Å². The monoisotopic (exact) mass is 660 g/mol. The number of carbonyl (C=O) groups excluding carboxylic acids is 1. The van der Waals surface area contributed by atoms with E-state index in [1.165, 1.54) is 17.8 Å². The third-order valence-electron chi connectivity index (χ3n) is 7.50. The fourth-order valence-electron chi connectivity index (χ4n) is 4.93. The number of nitrogens with zero attached hydrogens (tertiary/aromatic N) is 4. The van der Waals surface area contributed by atoms with Crippen LogP contribution in [0.4, 0.5) is 10.3 Å². The van der Waals surface area contributed by atoms with Crippen LogP contribution in [0.5, 0.6) is 11.6 Å². The first-order chi connectivity index (χ1) is 21.8. The number of imidazole rings is 1. The molecule has 1 fully saturated rings. The Labute approximate surface area is 264 Å². The van der Waals surface area contributed by atoms with Crippen LogP contribution in [0.2, 0.25) is 0 Å². The molecule has 0 radical (unpaired) electrons. The zero-order chi connectivity index (χ0) is 33.3. The molecule has 0 aliphatic carbocycles. The minimum Gasteiger partial charge on any atom is -0.476 e. The average Bonchev–Trinajstić information content (AvgIpc) is 3.52. The Hall–Kier alpha value is -3.88. The van der Waals surface area contributed by atoms with Crippen LogP contribution in [0, 0.1) is 5.92 Å². The van der Waals surface area contributed by atoms with Gasteiger partial charge in [-0.3, -0.25) is 13.9 Å². The molecule has 5 atom stereocenters. The number of rotatable bonds is 13. The van der Waals surface area contributed by atoms with Gasteiger partial charge in [-0.2, -0.15) is 15.1 Å². The molecule has 1 saturated heterocycles. The number of hydrogen-bond acceptors (Lipinski definition) is 12. The topological polar surface area (TPSA) is 182 Å². The number of aliphatic hydroxyl groups is 1. The van der Waals surface area contributed by atoms with Gasteiger partial charge < -0.3 is 29.6 Å². The lowest BCUT2D eigenvalue weighted by Crippen LogP contribution is -2.53. The summed E-state index contributed by atoms with van der Waals surface area (Å²) in [7, 11) is -4.50. The van der Waals surface area contributed by atoms with Crippen molar-refractivity contribution in [1.29, 1.82) is 0 Å². The van der Waals surface area contributed by atoms with E-state index in [0.29, 0.717) is 5.39 Å². The number of fused-ring (bicyclic) bond motifs is 2. The van der Waals surface area contributed by atoms with Crippen LogP contribution in [0.1, 0.15) is 40.8 Å².